The highest BCUT2D eigenvalue weighted by atomic mass is 15.1. The molecule has 0 radical (unpaired) electrons. The summed E-state index contributed by atoms with van der Waals surface area (Å²) in [6.45, 7) is 6.49. The van der Waals surface area contributed by atoms with E-state index in [1.165, 1.54) is 32.1 Å². The molecule has 110 valence electrons. The number of rotatable bonds is 8. The molecule has 0 saturated heterocycles. The minimum atomic E-state index is 0.543. The Kier molecular flexibility index (Phi) is 3.81. The highest BCUT2D eigenvalue weighted by molar-refractivity contribution is 5.48. The molecule has 2 saturated carbocycles. The van der Waals surface area contributed by atoms with Crippen molar-refractivity contribution in [1.82, 2.24) is 9.97 Å². The summed E-state index contributed by atoms with van der Waals surface area (Å²) in [5, 5.41) is 6.94. The van der Waals surface area contributed by atoms with E-state index in [-0.39, 0.29) is 0 Å². The van der Waals surface area contributed by atoms with Gasteiger partial charge in [0, 0.05) is 25.1 Å². The van der Waals surface area contributed by atoms with Gasteiger partial charge in [0.15, 0.2) is 0 Å². The Morgan fingerprint density at radius 3 is 2.40 bits per heavy atom. The standard InChI is InChI=1S/C16H26N4/c1-3-9-17-13-10-14(18-11-16(4-2)7-8-16)20-15(19-13)12-5-6-12/h10,12H,3-9,11H2,1-2H3,(H2,17,18,19,20). The number of nitrogens with zero attached hydrogens (tertiary/aromatic N) is 2. The number of anilines is 2. The molecule has 1 aromatic heterocycles. The van der Waals surface area contributed by atoms with Crippen LogP contribution >= 0.6 is 0 Å². The molecule has 2 N–H and O–H groups in total. The lowest BCUT2D eigenvalue weighted by atomic mass is 10.0. The smallest absolute Gasteiger partial charge is 0.136 e. The Balaban J connectivity index is 1.69. The molecule has 0 aromatic carbocycles. The molecule has 1 heterocycles. The average Bonchev–Trinajstić information content (AvgIpc) is 3.37. The molecule has 0 aliphatic heterocycles. The molecule has 4 nitrogen and oxygen atoms in total. The van der Waals surface area contributed by atoms with Crippen LogP contribution < -0.4 is 10.6 Å². The zero-order valence-electron chi connectivity index (χ0n) is 12.7. The summed E-state index contributed by atoms with van der Waals surface area (Å²) in [4.78, 5) is 9.36. The van der Waals surface area contributed by atoms with Crippen LogP contribution in [-0.2, 0) is 0 Å². The summed E-state index contributed by atoms with van der Waals surface area (Å²) in [6, 6.07) is 2.06. The maximum Gasteiger partial charge on any atom is 0.136 e. The lowest BCUT2D eigenvalue weighted by Gasteiger charge is -2.15. The van der Waals surface area contributed by atoms with E-state index in [0.29, 0.717) is 11.3 Å². The second-order valence-corrected chi connectivity index (χ2v) is 6.40. The van der Waals surface area contributed by atoms with Gasteiger partial charge in [0.05, 0.1) is 0 Å². The van der Waals surface area contributed by atoms with Crippen LogP contribution in [0.25, 0.3) is 0 Å². The molecule has 0 amide bonds. The Labute approximate surface area is 121 Å². The highest BCUT2D eigenvalue weighted by Crippen LogP contribution is 2.48. The highest BCUT2D eigenvalue weighted by Gasteiger charge is 2.40. The molecule has 2 fully saturated rings. The summed E-state index contributed by atoms with van der Waals surface area (Å²) < 4.78 is 0. The van der Waals surface area contributed by atoms with Crippen LogP contribution in [0.1, 0.15) is 64.1 Å². The van der Waals surface area contributed by atoms with E-state index in [4.69, 9.17) is 4.98 Å². The maximum atomic E-state index is 4.71. The van der Waals surface area contributed by atoms with Gasteiger partial charge in [0.25, 0.3) is 0 Å². The Bertz CT molecular complexity index is 464. The predicted molar refractivity (Wildman–Crippen MR) is 83.2 cm³/mol. The van der Waals surface area contributed by atoms with E-state index in [0.717, 1.165) is 37.0 Å². The average molecular weight is 274 g/mol. The van der Waals surface area contributed by atoms with Gasteiger partial charge < -0.3 is 10.6 Å². The van der Waals surface area contributed by atoms with E-state index in [1.54, 1.807) is 0 Å². The van der Waals surface area contributed by atoms with Gasteiger partial charge in [-0.05, 0) is 43.9 Å². The van der Waals surface area contributed by atoms with Gasteiger partial charge >= 0.3 is 0 Å². The molecular formula is C16H26N4. The maximum absolute atomic E-state index is 4.71. The summed E-state index contributed by atoms with van der Waals surface area (Å²) >= 11 is 0. The van der Waals surface area contributed by atoms with Crippen LogP contribution in [0.2, 0.25) is 0 Å². The first-order valence-corrected chi connectivity index (χ1v) is 8.11. The Morgan fingerprint density at radius 1 is 1.15 bits per heavy atom. The minimum Gasteiger partial charge on any atom is -0.370 e. The predicted octanol–water partition coefficient (Wildman–Crippen LogP) is 3.78. The third-order valence-electron chi connectivity index (χ3n) is 4.59. The molecule has 2 aliphatic rings. The van der Waals surface area contributed by atoms with Gasteiger partial charge in [-0.25, -0.2) is 9.97 Å². The summed E-state index contributed by atoms with van der Waals surface area (Å²) in [5.74, 6) is 3.60. The lowest BCUT2D eigenvalue weighted by Crippen LogP contribution is -2.16. The molecule has 0 bridgehead atoms. The van der Waals surface area contributed by atoms with E-state index in [2.05, 4.69) is 35.5 Å². The molecule has 0 atom stereocenters. The van der Waals surface area contributed by atoms with Crippen molar-refractivity contribution >= 4 is 11.6 Å². The van der Waals surface area contributed by atoms with Crippen molar-refractivity contribution < 1.29 is 0 Å². The van der Waals surface area contributed by atoms with Crippen molar-refractivity contribution in [2.24, 2.45) is 5.41 Å². The fourth-order valence-electron chi connectivity index (χ4n) is 2.53. The molecule has 0 unspecified atom stereocenters. The number of nitrogens with one attached hydrogen (secondary N) is 2. The summed E-state index contributed by atoms with van der Waals surface area (Å²) in [5.41, 5.74) is 0.543. The van der Waals surface area contributed by atoms with Crippen LogP contribution in [0, 0.1) is 5.41 Å². The number of hydrogen-bond acceptors (Lipinski definition) is 4. The van der Waals surface area contributed by atoms with Gasteiger partial charge in [-0.1, -0.05) is 13.8 Å². The van der Waals surface area contributed by atoms with Crippen molar-refractivity contribution in [3.63, 3.8) is 0 Å². The zero-order valence-corrected chi connectivity index (χ0v) is 12.7. The molecule has 3 rings (SSSR count). The van der Waals surface area contributed by atoms with E-state index < -0.39 is 0 Å². The SMILES string of the molecule is CCCNc1cc(NCC2(CC)CC2)nc(C2CC2)n1. The first-order chi connectivity index (χ1) is 9.74. The van der Waals surface area contributed by atoms with Crippen molar-refractivity contribution in [3.05, 3.63) is 11.9 Å². The van der Waals surface area contributed by atoms with Gasteiger partial charge in [-0.3, -0.25) is 0 Å². The van der Waals surface area contributed by atoms with Gasteiger partial charge in [-0.15, -0.1) is 0 Å². The molecule has 2 aliphatic carbocycles. The topological polar surface area (TPSA) is 49.8 Å². The van der Waals surface area contributed by atoms with Crippen LogP contribution in [0.5, 0.6) is 0 Å². The van der Waals surface area contributed by atoms with Crippen LogP contribution in [0.3, 0.4) is 0 Å². The first kappa shape index (κ1) is 13.7. The fourth-order valence-corrected chi connectivity index (χ4v) is 2.53. The molecule has 20 heavy (non-hydrogen) atoms. The normalized spacial score (nSPS) is 19.7. The lowest BCUT2D eigenvalue weighted by molar-refractivity contribution is 0.520. The molecule has 4 heteroatoms. The van der Waals surface area contributed by atoms with Crippen LogP contribution in [-0.4, -0.2) is 23.1 Å². The summed E-state index contributed by atoms with van der Waals surface area (Å²) in [6.07, 6.45) is 7.59. The minimum absolute atomic E-state index is 0.543. The van der Waals surface area contributed by atoms with E-state index >= 15 is 0 Å². The van der Waals surface area contributed by atoms with Crippen molar-refractivity contribution in [2.45, 2.75) is 58.3 Å². The van der Waals surface area contributed by atoms with Crippen LogP contribution in [0.15, 0.2) is 6.07 Å². The van der Waals surface area contributed by atoms with E-state index in [9.17, 15) is 0 Å². The van der Waals surface area contributed by atoms with Gasteiger partial charge in [-0.2, -0.15) is 0 Å². The Hall–Kier alpha value is -1.32. The third kappa shape index (κ3) is 3.22. The molecule has 0 spiro atoms. The van der Waals surface area contributed by atoms with Crippen molar-refractivity contribution in [3.8, 4) is 0 Å². The van der Waals surface area contributed by atoms with Crippen molar-refractivity contribution in [1.29, 1.82) is 0 Å². The van der Waals surface area contributed by atoms with Crippen molar-refractivity contribution in [2.75, 3.05) is 23.7 Å². The fraction of sp³-hybridized carbons (Fsp3) is 0.750. The largest absolute Gasteiger partial charge is 0.370 e. The third-order valence-corrected chi connectivity index (χ3v) is 4.59. The number of hydrogen-bond donors (Lipinski definition) is 2. The quantitative estimate of drug-likeness (QED) is 0.757. The van der Waals surface area contributed by atoms with Gasteiger partial charge in [0.1, 0.15) is 17.5 Å². The van der Waals surface area contributed by atoms with Gasteiger partial charge in [0.2, 0.25) is 0 Å². The first-order valence-electron chi connectivity index (χ1n) is 8.11. The van der Waals surface area contributed by atoms with E-state index in [1.807, 2.05) is 0 Å². The summed E-state index contributed by atoms with van der Waals surface area (Å²) in [7, 11) is 0. The second-order valence-electron chi connectivity index (χ2n) is 6.40. The zero-order chi connectivity index (χ0) is 14.0. The molecule has 1 aromatic rings. The second kappa shape index (κ2) is 5.58. The number of aromatic nitrogens is 2. The monoisotopic (exact) mass is 274 g/mol. The Morgan fingerprint density at radius 2 is 1.85 bits per heavy atom. The molecular weight excluding hydrogens is 248 g/mol. The van der Waals surface area contributed by atoms with Crippen LogP contribution in [0.4, 0.5) is 11.6 Å².